The van der Waals surface area contributed by atoms with E-state index in [1.165, 1.54) is 61.9 Å². The Hall–Kier alpha value is -1.40. The van der Waals surface area contributed by atoms with Crippen molar-refractivity contribution in [2.24, 2.45) is 0 Å². The number of nitrogens with zero attached hydrogens (tertiary/aromatic N) is 1. The van der Waals surface area contributed by atoms with Gasteiger partial charge in [-0.05, 0) is 49.9 Å². The largest absolute Gasteiger partial charge is 0.484 e. The van der Waals surface area contributed by atoms with E-state index in [9.17, 15) is 4.79 Å². The Labute approximate surface area is 173 Å². The first-order chi connectivity index (χ1) is 13.2. The van der Waals surface area contributed by atoms with Crippen LogP contribution in [0.15, 0.2) is 28.7 Å². The molecule has 0 spiro atoms. The molecule has 0 aliphatic heterocycles. The average Bonchev–Trinajstić information content (AvgIpc) is 3.02. The van der Waals surface area contributed by atoms with Gasteiger partial charge in [0.1, 0.15) is 5.75 Å². The number of benzene rings is 1. The van der Waals surface area contributed by atoms with E-state index in [1.807, 2.05) is 24.3 Å². The summed E-state index contributed by atoms with van der Waals surface area (Å²) in [4.78, 5) is 18.3. The predicted molar refractivity (Wildman–Crippen MR) is 115 cm³/mol. The number of aryl methyl sites for hydroxylation is 2. The fourth-order valence-corrected chi connectivity index (χ4v) is 4.63. The van der Waals surface area contributed by atoms with Gasteiger partial charge in [-0.3, -0.25) is 10.1 Å². The topological polar surface area (TPSA) is 51.2 Å². The summed E-state index contributed by atoms with van der Waals surface area (Å²) in [6.45, 7) is -0.00806. The van der Waals surface area contributed by atoms with Gasteiger partial charge in [0.15, 0.2) is 11.7 Å². The number of nitrogens with one attached hydrogen (secondary N) is 1. The molecule has 1 aliphatic carbocycles. The minimum atomic E-state index is -0.164. The molecule has 146 valence electrons. The lowest BCUT2D eigenvalue weighted by molar-refractivity contribution is -0.118. The Morgan fingerprint density at radius 3 is 2.33 bits per heavy atom. The number of ether oxygens (including phenoxy) is 1. The van der Waals surface area contributed by atoms with Crippen molar-refractivity contribution >= 4 is 38.3 Å². The summed E-state index contributed by atoms with van der Waals surface area (Å²) in [6.07, 6.45) is 12.5. The van der Waals surface area contributed by atoms with E-state index in [0.717, 1.165) is 17.3 Å². The van der Waals surface area contributed by atoms with Crippen LogP contribution in [0.2, 0.25) is 0 Å². The average molecular weight is 451 g/mol. The monoisotopic (exact) mass is 450 g/mol. The van der Waals surface area contributed by atoms with Crippen molar-refractivity contribution in [2.75, 3.05) is 11.9 Å². The number of hydrogen-bond acceptors (Lipinski definition) is 4. The van der Waals surface area contributed by atoms with Gasteiger partial charge in [0.2, 0.25) is 0 Å². The van der Waals surface area contributed by atoms with Gasteiger partial charge in [-0.1, -0.05) is 54.5 Å². The van der Waals surface area contributed by atoms with Gasteiger partial charge in [0.25, 0.3) is 5.91 Å². The number of carbonyl (C=O) groups is 1. The second kappa shape index (κ2) is 10.8. The van der Waals surface area contributed by atoms with Crippen LogP contribution in [0.3, 0.4) is 0 Å². The maximum absolute atomic E-state index is 12.2. The molecule has 0 unspecified atom stereocenters. The normalized spacial score (nSPS) is 15.9. The summed E-state index contributed by atoms with van der Waals surface area (Å²) in [5.74, 6) is 0.516. The molecule has 1 heterocycles. The van der Waals surface area contributed by atoms with Crippen molar-refractivity contribution in [2.45, 2.75) is 64.2 Å². The number of thiazole rings is 1. The zero-order valence-corrected chi connectivity index (χ0v) is 18.0. The number of hydrogen-bond donors (Lipinski definition) is 1. The van der Waals surface area contributed by atoms with Crippen LogP contribution in [0.5, 0.6) is 5.75 Å². The zero-order chi connectivity index (χ0) is 18.9. The van der Waals surface area contributed by atoms with Crippen LogP contribution in [0.25, 0.3) is 0 Å². The lowest BCUT2D eigenvalue weighted by atomic mass is 10.0. The number of aromatic nitrogens is 1. The first-order valence-corrected chi connectivity index (χ1v) is 11.5. The van der Waals surface area contributed by atoms with Gasteiger partial charge in [-0.25, -0.2) is 4.98 Å². The van der Waals surface area contributed by atoms with Crippen LogP contribution in [0.1, 0.15) is 61.9 Å². The molecule has 4 nitrogen and oxygen atoms in total. The summed E-state index contributed by atoms with van der Waals surface area (Å²) < 4.78 is 6.53. The highest BCUT2D eigenvalue weighted by Crippen LogP contribution is 2.27. The minimum absolute atomic E-state index is 0.00806. The Morgan fingerprint density at radius 1 is 1.00 bits per heavy atom. The van der Waals surface area contributed by atoms with Crippen molar-refractivity contribution in [3.05, 3.63) is 39.3 Å². The quantitative estimate of drug-likeness (QED) is 0.607. The van der Waals surface area contributed by atoms with Crippen LogP contribution < -0.4 is 10.1 Å². The van der Waals surface area contributed by atoms with E-state index < -0.39 is 0 Å². The number of carbonyl (C=O) groups excluding carboxylic acids is 1. The van der Waals surface area contributed by atoms with Crippen molar-refractivity contribution in [1.82, 2.24) is 4.98 Å². The Balaban J connectivity index is 1.55. The molecule has 2 aromatic rings. The van der Waals surface area contributed by atoms with Gasteiger partial charge >= 0.3 is 0 Å². The van der Waals surface area contributed by atoms with E-state index in [4.69, 9.17) is 9.72 Å². The van der Waals surface area contributed by atoms with Crippen molar-refractivity contribution in [1.29, 1.82) is 0 Å². The molecule has 0 atom stereocenters. The molecule has 3 rings (SSSR count). The van der Waals surface area contributed by atoms with E-state index in [1.54, 1.807) is 11.3 Å². The van der Waals surface area contributed by atoms with Crippen LogP contribution in [-0.2, 0) is 17.6 Å². The molecule has 1 aliphatic rings. The summed E-state index contributed by atoms with van der Waals surface area (Å²) in [5, 5.41) is 3.62. The Kier molecular flexibility index (Phi) is 8.14. The predicted octanol–water partition coefficient (Wildman–Crippen LogP) is 6.14. The highest BCUT2D eigenvalue weighted by Gasteiger charge is 2.14. The molecule has 1 aromatic carbocycles. The zero-order valence-electron chi connectivity index (χ0n) is 15.6. The number of amides is 1. The number of halogens is 1. The highest BCUT2D eigenvalue weighted by atomic mass is 79.9. The Bertz CT molecular complexity index is 701. The third kappa shape index (κ3) is 6.92. The molecule has 1 amide bonds. The lowest BCUT2D eigenvalue weighted by Gasteiger charge is -2.06. The molecule has 0 saturated carbocycles. The SMILES string of the molecule is O=C(COc1ccc(Br)cc1)Nc1nc2c(s1)CCCCCCCCCC2. The highest BCUT2D eigenvalue weighted by molar-refractivity contribution is 9.10. The van der Waals surface area contributed by atoms with Gasteiger partial charge < -0.3 is 4.74 Å². The van der Waals surface area contributed by atoms with E-state index in [-0.39, 0.29) is 12.5 Å². The van der Waals surface area contributed by atoms with Crippen LogP contribution in [0, 0.1) is 0 Å². The molecular formula is C21H27BrN2O2S. The molecule has 0 fully saturated rings. The maximum atomic E-state index is 12.2. The van der Waals surface area contributed by atoms with Gasteiger partial charge in [0.05, 0.1) is 5.69 Å². The van der Waals surface area contributed by atoms with Crippen LogP contribution in [-0.4, -0.2) is 17.5 Å². The molecular weight excluding hydrogens is 424 g/mol. The second-order valence-corrected chi connectivity index (χ2v) is 9.01. The van der Waals surface area contributed by atoms with E-state index in [2.05, 4.69) is 21.2 Å². The third-order valence-corrected chi connectivity index (χ3v) is 6.38. The molecule has 1 aromatic heterocycles. The van der Waals surface area contributed by atoms with Gasteiger partial charge in [-0.15, -0.1) is 11.3 Å². The molecule has 0 bridgehead atoms. The first kappa shape index (κ1) is 20.3. The number of rotatable bonds is 4. The smallest absolute Gasteiger partial charge is 0.264 e. The van der Waals surface area contributed by atoms with Crippen molar-refractivity contribution in [3.63, 3.8) is 0 Å². The molecule has 0 saturated heterocycles. The van der Waals surface area contributed by atoms with Gasteiger partial charge in [0, 0.05) is 9.35 Å². The van der Waals surface area contributed by atoms with Crippen LogP contribution >= 0.6 is 27.3 Å². The number of anilines is 1. The summed E-state index contributed by atoms with van der Waals surface area (Å²) in [5.41, 5.74) is 1.18. The van der Waals surface area contributed by atoms with Crippen LogP contribution in [0.4, 0.5) is 5.13 Å². The second-order valence-electron chi connectivity index (χ2n) is 7.01. The minimum Gasteiger partial charge on any atom is -0.484 e. The standard InChI is InChI=1S/C21H27BrN2O2S/c22-16-11-13-17(14-12-16)26-15-20(25)24-21-23-18-9-7-5-3-1-2-4-6-8-10-19(18)27-21/h11-14H,1-10,15H2,(H,23,24,25). The van der Waals surface area contributed by atoms with Crippen molar-refractivity contribution in [3.8, 4) is 5.75 Å². The third-order valence-electron chi connectivity index (χ3n) is 4.78. The van der Waals surface area contributed by atoms with Crippen molar-refractivity contribution < 1.29 is 9.53 Å². The maximum Gasteiger partial charge on any atom is 0.264 e. The first-order valence-electron chi connectivity index (χ1n) is 9.87. The Morgan fingerprint density at radius 2 is 1.63 bits per heavy atom. The molecule has 27 heavy (non-hydrogen) atoms. The molecule has 0 radical (unpaired) electrons. The summed E-state index contributed by atoms with van der Waals surface area (Å²) in [6, 6.07) is 7.46. The lowest BCUT2D eigenvalue weighted by Crippen LogP contribution is -2.20. The molecule has 1 N–H and O–H groups in total. The van der Waals surface area contributed by atoms with E-state index in [0.29, 0.717) is 10.9 Å². The van der Waals surface area contributed by atoms with Gasteiger partial charge in [-0.2, -0.15) is 0 Å². The molecule has 6 heteroatoms. The summed E-state index contributed by atoms with van der Waals surface area (Å²) >= 11 is 5.02. The fraction of sp³-hybridized carbons (Fsp3) is 0.524. The van der Waals surface area contributed by atoms with E-state index >= 15 is 0 Å². The summed E-state index contributed by atoms with van der Waals surface area (Å²) in [7, 11) is 0. The number of fused-ring (bicyclic) bond motifs is 1. The fourth-order valence-electron chi connectivity index (χ4n) is 3.30.